The van der Waals surface area contributed by atoms with E-state index in [1.165, 1.54) is 0 Å². The first-order chi connectivity index (χ1) is 6.74. The number of fused-ring (bicyclic) bond motifs is 1. The molecule has 2 heteroatoms. The van der Waals surface area contributed by atoms with Gasteiger partial charge in [0.2, 0.25) is 0 Å². The van der Waals surface area contributed by atoms with E-state index in [0.29, 0.717) is 0 Å². The number of pyridine rings is 1. The van der Waals surface area contributed by atoms with Crippen LogP contribution in [0.2, 0.25) is 0 Å². The van der Waals surface area contributed by atoms with Crippen LogP contribution in [-0.2, 0) is 6.42 Å². The van der Waals surface area contributed by atoms with Crippen LogP contribution < -0.4 is 5.56 Å². The first-order valence-electron chi connectivity index (χ1n) is 4.84. The minimum Gasteiger partial charge on any atom is -0.322 e. The summed E-state index contributed by atoms with van der Waals surface area (Å²) in [6.45, 7) is 4.02. The summed E-state index contributed by atoms with van der Waals surface area (Å²) < 4.78 is 0. The lowest BCUT2D eigenvalue weighted by atomic mass is 10.0. The predicted molar refractivity (Wildman–Crippen MR) is 58.7 cm³/mol. The lowest BCUT2D eigenvalue weighted by Crippen LogP contribution is -2.13. The number of hydrogen-bond acceptors (Lipinski definition) is 1. The van der Waals surface area contributed by atoms with Crippen molar-refractivity contribution < 1.29 is 0 Å². The van der Waals surface area contributed by atoms with Gasteiger partial charge < -0.3 is 4.98 Å². The van der Waals surface area contributed by atoms with Crippen LogP contribution >= 0.6 is 0 Å². The maximum absolute atomic E-state index is 11.6. The number of rotatable bonds is 1. The number of aromatic nitrogens is 1. The molecule has 1 N–H and O–H groups in total. The van der Waals surface area contributed by atoms with Gasteiger partial charge in [0.25, 0.3) is 5.56 Å². The van der Waals surface area contributed by atoms with Crippen LogP contribution in [0.3, 0.4) is 0 Å². The summed E-state index contributed by atoms with van der Waals surface area (Å²) in [5.74, 6) is 0. The summed E-state index contributed by atoms with van der Waals surface area (Å²) in [5, 5.41) is 1.14. The highest BCUT2D eigenvalue weighted by molar-refractivity contribution is 5.82. The quantitative estimate of drug-likeness (QED) is 0.730. The van der Waals surface area contributed by atoms with Gasteiger partial charge >= 0.3 is 0 Å². The van der Waals surface area contributed by atoms with Crippen molar-refractivity contribution in [2.24, 2.45) is 0 Å². The number of nitrogens with one attached hydrogen (secondary N) is 1. The molecular weight excluding hydrogens is 174 g/mol. The molecule has 0 aliphatic heterocycles. The van der Waals surface area contributed by atoms with E-state index < -0.39 is 0 Å². The molecule has 0 bridgehead atoms. The van der Waals surface area contributed by atoms with Gasteiger partial charge in [0.1, 0.15) is 0 Å². The zero-order valence-corrected chi connectivity index (χ0v) is 8.42. The molecule has 2 nitrogen and oxygen atoms in total. The molecule has 0 spiro atoms. The molecule has 0 saturated carbocycles. The highest BCUT2D eigenvalue weighted by Crippen LogP contribution is 2.16. The Morgan fingerprint density at radius 3 is 2.71 bits per heavy atom. The smallest absolute Gasteiger partial charge is 0.251 e. The van der Waals surface area contributed by atoms with Gasteiger partial charge in [-0.15, -0.1) is 0 Å². The summed E-state index contributed by atoms with van der Waals surface area (Å²) in [6.07, 6.45) is 0.784. The third kappa shape index (κ3) is 1.23. The van der Waals surface area contributed by atoms with Crippen LogP contribution in [0.15, 0.2) is 29.1 Å². The van der Waals surface area contributed by atoms with Gasteiger partial charge in [-0.25, -0.2) is 0 Å². The van der Waals surface area contributed by atoms with Crippen molar-refractivity contribution in [1.29, 1.82) is 0 Å². The fourth-order valence-electron chi connectivity index (χ4n) is 1.88. The molecule has 1 aromatic heterocycles. The number of H-pyrrole nitrogens is 1. The molecule has 14 heavy (non-hydrogen) atoms. The Morgan fingerprint density at radius 1 is 1.29 bits per heavy atom. The Bertz CT molecular complexity index is 525. The van der Waals surface area contributed by atoms with E-state index in [1.807, 2.05) is 38.1 Å². The fourth-order valence-corrected chi connectivity index (χ4v) is 1.88. The van der Waals surface area contributed by atoms with Crippen molar-refractivity contribution in [2.75, 3.05) is 0 Å². The molecule has 1 aromatic carbocycles. The van der Waals surface area contributed by atoms with Gasteiger partial charge in [0, 0.05) is 16.5 Å². The zero-order valence-electron chi connectivity index (χ0n) is 8.42. The van der Waals surface area contributed by atoms with Crippen LogP contribution in [0, 0.1) is 6.92 Å². The van der Waals surface area contributed by atoms with Gasteiger partial charge in [-0.1, -0.05) is 25.1 Å². The Kier molecular flexibility index (Phi) is 2.12. The predicted octanol–water partition coefficient (Wildman–Crippen LogP) is 2.40. The van der Waals surface area contributed by atoms with Gasteiger partial charge in [0.05, 0.1) is 0 Å². The zero-order chi connectivity index (χ0) is 10.1. The minimum absolute atomic E-state index is 0.0451. The molecule has 72 valence electrons. The van der Waals surface area contributed by atoms with Gasteiger partial charge in [0.15, 0.2) is 0 Å². The van der Waals surface area contributed by atoms with E-state index in [2.05, 4.69) is 4.98 Å². The Balaban J connectivity index is 2.93. The molecule has 2 aromatic rings. The van der Waals surface area contributed by atoms with Crippen molar-refractivity contribution in [3.8, 4) is 0 Å². The highest BCUT2D eigenvalue weighted by Gasteiger charge is 2.05. The van der Waals surface area contributed by atoms with E-state index >= 15 is 0 Å². The average molecular weight is 187 g/mol. The summed E-state index contributed by atoms with van der Waals surface area (Å²) in [4.78, 5) is 14.5. The summed E-state index contributed by atoms with van der Waals surface area (Å²) >= 11 is 0. The van der Waals surface area contributed by atoms with E-state index in [1.54, 1.807) is 0 Å². The third-order valence-electron chi connectivity index (χ3n) is 2.66. The summed E-state index contributed by atoms with van der Waals surface area (Å²) in [5.41, 5.74) is 2.96. The van der Waals surface area contributed by atoms with Crippen LogP contribution in [0.5, 0.6) is 0 Å². The largest absolute Gasteiger partial charge is 0.322 e. The topological polar surface area (TPSA) is 32.9 Å². The van der Waals surface area contributed by atoms with Gasteiger partial charge in [-0.2, -0.15) is 0 Å². The van der Waals surface area contributed by atoms with E-state index in [9.17, 15) is 4.79 Å². The third-order valence-corrected chi connectivity index (χ3v) is 2.66. The van der Waals surface area contributed by atoms with Crippen LogP contribution in [-0.4, -0.2) is 4.98 Å². The normalized spacial score (nSPS) is 10.7. The van der Waals surface area contributed by atoms with Crippen molar-refractivity contribution >= 4 is 10.9 Å². The molecule has 0 fully saturated rings. The molecule has 2 rings (SSSR count). The SMILES string of the molecule is CCc1c(C)c2ccccc2[nH]c1=O. The second kappa shape index (κ2) is 3.29. The summed E-state index contributed by atoms with van der Waals surface area (Å²) in [6, 6.07) is 7.90. The first-order valence-corrected chi connectivity index (χ1v) is 4.84. The van der Waals surface area contributed by atoms with Gasteiger partial charge in [-0.05, 0) is 25.0 Å². The molecule has 0 aliphatic rings. The molecule has 0 unspecified atom stereocenters. The molecule has 0 radical (unpaired) electrons. The molecule has 0 amide bonds. The Hall–Kier alpha value is -1.57. The molecule has 0 atom stereocenters. The van der Waals surface area contributed by atoms with Crippen LogP contribution in [0.25, 0.3) is 10.9 Å². The van der Waals surface area contributed by atoms with Crippen molar-refractivity contribution in [1.82, 2.24) is 4.98 Å². The van der Waals surface area contributed by atoms with Crippen molar-refractivity contribution in [3.05, 3.63) is 45.7 Å². The number of aromatic amines is 1. The van der Waals surface area contributed by atoms with E-state index in [-0.39, 0.29) is 5.56 Å². The number of aryl methyl sites for hydroxylation is 1. The maximum Gasteiger partial charge on any atom is 0.251 e. The molecule has 1 heterocycles. The van der Waals surface area contributed by atoms with Crippen molar-refractivity contribution in [2.45, 2.75) is 20.3 Å². The molecular formula is C12H13NO. The van der Waals surface area contributed by atoms with E-state index in [4.69, 9.17) is 0 Å². The maximum atomic E-state index is 11.6. The van der Waals surface area contributed by atoms with E-state index in [0.717, 1.165) is 28.5 Å². The second-order valence-corrected chi connectivity index (χ2v) is 3.46. The monoisotopic (exact) mass is 187 g/mol. The molecule has 0 saturated heterocycles. The first kappa shape index (κ1) is 9.00. The van der Waals surface area contributed by atoms with Crippen molar-refractivity contribution in [3.63, 3.8) is 0 Å². The Labute approximate surface area is 82.6 Å². The van der Waals surface area contributed by atoms with Crippen LogP contribution in [0.1, 0.15) is 18.1 Å². The van der Waals surface area contributed by atoms with Gasteiger partial charge in [-0.3, -0.25) is 4.79 Å². The number of hydrogen-bond donors (Lipinski definition) is 1. The lowest BCUT2D eigenvalue weighted by Gasteiger charge is -2.05. The lowest BCUT2D eigenvalue weighted by molar-refractivity contribution is 1.06. The standard InChI is InChI=1S/C12H13NO/c1-3-9-8(2)10-6-4-5-7-11(10)13-12(9)14/h4-7H,3H2,1-2H3,(H,13,14). The Morgan fingerprint density at radius 2 is 2.00 bits per heavy atom. The highest BCUT2D eigenvalue weighted by atomic mass is 16.1. The number of benzene rings is 1. The molecule has 0 aliphatic carbocycles. The second-order valence-electron chi connectivity index (χ2n) is 3.46. The number of para-hydroxylation sites is 1. The minimum atomic E-state index is 0.0451. The fraction of sp³-hybridized carbons (Fsp3) is 0.250. The van der Waals surface area contributed by atoms with Crippen LogP contribution in [0.4, 0.5) is 0 Å². The average Bonchev–Trinajstić information content (AvgIpc) is 2.18. The summed E-state index contributed by atoms with van der Waals surface area (Å²) in [7, 11) is 0.